The summed E-state index contributed by atoms with van der Waals surface area (Å²) in [5.74, 6) is -1.82. The normalized spacial score (nSPS) is 21.1. The van der Waals surface area contributed by atoms with Gasteiger partial charge in [0.15, 0.2) is 0 Å². The number of hydrogen-bond donors (Lipinski definition) is 3. The van der Waals surface area contributed by atoms with E-state index in [-0.39, 0.29) is 18.0 Å². The van der Waals surface area contributed by atoms with E-state index in [0.29, 0.717) is 0 Å². The van der Waals surface area contributed by atoms with E-state index in [4.69, 9.17) is 5.11 Å². The standard InChI is InChI=1S/C10H13N3O5S/c14-9(15)5-8-10(16)12-3-4-13(8)19(17,18)7-1-2-11-6-7/h1-2,6,8,11H,3-5H2,(H,12,16)(H,14,15). The first-order chi connectivity index (χ1) is 8.93. The fourth-order valence-corrected chi connectivity index (χ4v) is 3.51. The molecule has 2 heterocycles. The SMILES string of the molecule is O=C(O)CC1C(=O)NCCN1S(=O)(=O)c1cc[nH]c1. The molecule has 1 atom stereocenters. The number of piperazine rings is 1. The van der Waals surface area contributed by atoms with Crippen LogP contribution in [0.1, 0.15) is 6.42 Å². The quantitative estimate of drug-likeness (QED) is 0.654. The zero-order chi connectivity index (χ0) is 14.0. The Morgan fingerprint density at radius 3 is 2.84 bits per heavy atom. The van der Waals surface area contributed by atoms with Crippen LogP contribution in [0.2, 0.25) is 0 Å². The number of aromatic amines is 1. The van der Waals surface area contributed by atoms with Gasteiger partial charge in [0, 0.05) is 25.5 Å². The number of sulfonamides is 1. The van der Waals surface area contributed by atoms with Crippen LogP contribution in [0.5, 0.6) is 0 Å². The molecule has 1 aromatic heterocycles. The predicted molar refractivity (Wildman–Crippen MR) is 63.7 cm³/mol. The molecule has 1 fully saturated rings. The molecule has 0 aliphatic carbocycles. The summed E-state index contributed by atoms with van der Waals surface area (Å²) in [4.78, 5) is 25.1. The summed E-state index contributed by atoms with van der Waals surface area (Å²) in [5, 5.41) is 11.3. The lowest BCUT2D eigenvalue weighted by Gasteiger charge is -2.32. The van der Waals surface area contributed by atoms with Crippen molar-refractivity contribution in [1.29, 1.82) is 0 Å². The molecule has 0 saturated carbocycles. The second-order valence-electron chi connectivity index (χ2n) is 4.07. The van der Waals surface area contributed by atoms with E-state index < -0.39 is 34.4 Å². The van der Waals surface area contributed by atoms with Crippen molar-refractivity contribution in [3.8, 4) is 0 Å². The fourth-order valence-electron chi connectivity index (χ4n) is 1.95. The maximum Gasteiger partial charge on any atom is 0.305 e. The summed E-state index contributed by atoms with van der Waals surface area (Å²) in [6, 6.07) is 0.144. The van der Waals surface area contributed by atoms with E-state index in [2.05, 4.69) is 10.3 Å². The first kappa shape index (κ1) is 13.6. The molecule has 1 aromatic rings. The molecule has 0 radical (unpaired) electrons. The lowest BCUT2D eigenvalue weighted by molar-refractivity contribution is -0.141. The highest BCUT2D eigenvalue weighted by Crippen LogP contribution is 2.20. The minimum atomic E-state index is -3.87. The third kappa shape index (κ3) is 2.61. The highest BCUT2D eigenvalue weighted by Gasteiger charge is 2.39. The molecule has 19 heavy (non-hydrogen) atoms. The van der Waals surface area contributed by atoms with E-state index >= 15 is 0 Å². The number of carbonyl (C=O) groups is 2. The molecule has 1 unspecified atom stereocenters. The Bertz CT molecular complexity index is 580. The van der Waals surface area contributed by atoms with Gasteiger partial charge in [0.25, 0.3) is 0 Å². The molecule has 2 rings (SSSR count). The number of rotatable bonds is 4. The van der Waals surface area contributed by atoms with Crippen molar-refractivity contribution < 1.29 is 23.1 Å². The van der Waals surface area contributed by atoms with Crippen LogP contribution in [0.4, 0.5) is 0 Å². The molecular weight excluding hydrogens is 274 g/mol. The second kappa shape index (κ2) is 5.02. The molecule has 3 N–H and O–H groups in total. The minimum Gasteiger partial charge on any atom is -0.481 e. The minimum absolute atomic E-state index is 0.0117. The Labute approximate surface area is 109 Å². The Kier molecular flexibility index (Phi) is 3.58. The number of nitrogens with one attached hydrogen (secondary N) is 2. The number of carboxylic acids is 1. The van der Waals surface area contributed by atoms with Crippen molar-refractivity contribution in [2.75, 3.05) is 13.1 Å². The third-order valence-electron chi connectivity index (χ3n) is 2.83. The van der Waals surface area contributed by atoms with Gasteiger partial charge in [-0.25, -0.2) is 8.42 Å². The Morgan fingerprint density at radius 1 is 1.53 bits per heavy atom. The Hall–Kier alpha value is -1.87. The number of hydrogen-bond acceptors (Lipinski definition) is 4. The van der Waals surface area contributed by atoms with Gasteiger partial charge < -0.3 is 15.4 Å². The van der Waals surface area contributed by atoms with E-state index in [0.717, 1.165) is 4.31 Å². The van der Waals surface area contributed by atoms with Crippen LogP contribution in [0, 0.1) is 0 Å². The Balaban J connectivity index is 2.35. The topological polar surface area (TPSA) is 120 Å². The number of H-pyrrole nitrogens is 1. The Morgan fingerprint density at radius 2 is 2.26 bits per heavy atom. The fraction of sp³-hybridized carbons (Fsp3) is 0.400. The molecule has 1 aliphatic heterocycles. The van der Waals surface area contributed by atoms with Crippen LogP contribution in [-0.2, 0) is 19.6 Å². The van der Waals surface area contributed by atoms with Crippen LogP contribution < -0.4 is 5.32 Å². The van der Waals surface area contributed by atoms with Gasteiger partial charge in [-0.15, -0.1) is 0 Å². The van der Waals surface area contributed by atoms with Crippen molar-refractivity contribution in [2.45, 2.75) is 17.4 Å². The highest BCUT2D eigenvalue weighted by molar-refractivity contribution is 7.89. The van der Waals surface area contributed by atoms with Crippen LogP contribution >= 0.6 is 0 Å². The summed E-state index contributed by atoms with van der Waals surface area (Å²) in [5.41, 5.74) is 0. The molecule has 1 amide bonds. The summed E-state index contributed by atoms with van der Waals surface area (Å²) in [6.45, 7) is 0.218. The van der Waals surface area contributed by atoms with E-state index in [1.165, 1.54) is 18.5 Å². The van der Waals surface area contributed by atoms with Crippen LogP contribution in [0.3, 0.4) is 0 Å². The third-order valence-corrected chi connectivity index (χ3v) is 4.73. The van der Waals surface area contributed by atoms with Crippen molar-refractivity contribution in [3.63, 3.8) is 0 Å². The lowest BCUT2D eigenvalue weighted by atomic mass is 10.1. The van der Waals surface area contributed by atoms with Crippen molar-refractivity contribution in [2.24, 2.45) is 0 Å². The molecule has 9 heteroatoms. The van der Waals surface area contributed by atoms with Gasteiger partial charge in [-0.1, -0.05) is 0 Å². The van der Waals surface area contributed by atoms with Crippen LogP contribution in [-0.4, -0.2) is 53.8 Å². The zero-order valence-corrected chi connectivity index (χ0v) is 10.7. The maximum absolute atomic E-state index is 12.3. The zero-order valence-electron chi connectivity index (χ0n) is 9.87. The van der Waals surface area contributed by atoms with Gasteiger partial charge in [-0.05, 0) is 6.07 Å². The van der Waals surface area contributed by atoms with Gasteiger partial charge >= 0.3 is 5.97 Å². The number of carboxylic acid groups (broad SMARTS) is 1. The molecule has 0 spiro atoms. The smallest absolute Gasteiger partial charge is 0.305 e. The first-order valence-electron chi connectivity index (χ1n) is 5.57. The number of nitrogens with zero attached hydrogens (tertiary/aromatic N) is 1. The number of aromatic nitrogens is 1. The average Bonchev–Trinajstić information content (AvgIpc) is 2.85. The van der Waals surface area contributed by atoms with Gasteiger partial charge in [-0.2, -0.15) is 4.31 Å². The molecule has 8 nitrogen and oxygen atoms in total. The lowest BCUT2D eigenvalue weighted by Crippen LogP contribution is -2.57. The summed E-state index contributed by atoms with van der Waals surface area (Å²) >= 11 is 0. The van der Waals surface area contributed by atoms with Crippen molar-refractivity contribution in [1.82, 2.24) is 14.6 Å². The first-order valence-corrected chi connectivity index (χ1v) is 7.01. The van der Waals surface area contributed by atoms with Gasteiger partial charge in [0.1, 0.15) is 6.04 Å². The van der Waals surface area contributed by atoms with Crippen LogP contribution in [0.15, 0.2) is 23.4 Å². The maximum atomic E-state index is 12.3. The number of aliphatic carboxylic acids is 1. The van der Waals surface area contributed by atoms with Gasteiger partial charge in [-0.3, -0.25) is 9.59 Å². The largest absolute Gasteiger partial charge is 0.481 e. The van der Waals surface area contributed by atoms with Crippen LogP contribution in [0.25, 0.3) is 0 Å². The summed E-state index contributed by atoms with van der Waals surface area (Å²) in [7, 11) is -3.87. The number of amides is 1. The average molecular weight is 287 g/mol. The molecular formula is C10H13N3O5S. The highest BCUT2D eigenvalue weighted by atomic mass is 32.2. The second-order valence-corrected chi connectivity index (χ2v) is 5.96. The predicted octanol–water partition coefficient (Wildman–Crippen LogP) is -1.02. The van der Waals surface area contributed by atoms with E-state index in [1.807, 2.05) is 0 Å². The van der Waals surface area contributed by atoms with E-state index in [9.17, 15) is 18.0 Å². The molecule has 1 aliphatic rings. The molecule has 0 bridgehead atoms. The summed E-state index contributed by atoms with van der Waals surface area (Å²) < 4.78 is 25.6. The number of carbonyl (C=O) groups excluding carboxylic acids is 1. The summed E-state index contributed by atoms with van der Waals surface area (Å²) in [6.07, 6.45) is 2.18. The molecule has 0 aromatic carbocycles. The van der Waals surface area contributed by atoms with Crippen molar-refractivity contribution >= 4 is 21.9 Å². The monoisotopic (exact) mass is 287 g/mol. The molecule has 1 saturated heterocycles. The van der Waals surface area contributed by atoms with Gasteiger partial charge in [0.05, 0.1) is 11.3 Å². The van der Waals surface area contributed by atoms with E-state index in [1.54, 1.807) is 0 Å². The van der Waals surface area contributed by atoms with Gasteiger partial charge in [0.2, 0.25) is 15.9 Å². The molecule has 104 valence electrons. The van der Waals surface area contributed by atoms with Crippen molar-refractivity contribution in [3.05, 3.63) is 18.5 Å².